The van der Waals surface area contributed by atoms with Gasteiger partial charge in [-0.05, 0) is 36.6 Å². The number of benzene rings is 2. The molecule has 10 heteroatoms. The summed E-state index contributed by atoms with van der Waals surface area (Å²) in [6.07, 6.45) is 0.346. The van der Waals surface area contributed by atoms with Crippen molar-refractivity contribution in [2.75, 3.05) is 4.90 Å². The molecule has 2 amide bonds. The number of oxime groups is 1. The van der Waals surface area contributed by atoms with Crippen LogP contribution in [-0.4, -0.2) is 34.5 Å². The zero-order valence-corrected chi connectivity index (χ0v) is 18.0. The van der Waals surface area contributed by atoms with Crippen LogP contribution in [0.4, 0.5) is 11.4 Å². The number of carbonyl (C=O) groups is 3. The first kappa shape index (κ1) is 20.5. The van der Waals surface area contributed by atoms with Crippen molar-refractivity contribution in [1.82, 2.24) is 0 Å². The highest BCUT2D eigenvalue weighted by Gasteiger charge is 2.70. The molecule has 0 unspecified atom stereocenters. The van der Waals surface area contributed by atoms with Crippen LogP contribution in [0.1, 0.15) is 18.9 Å². The molecule has 0 aromatic heterocycles. The van der Waals surface area contributed by atoms with Crippen molar-refractivity contribution < 1.29 is 28.9 Å². The maximum Gasteiger partial charge on any atom is 0.308 e. The Labute approximate surface area is 193 Å². The number of esters is 1. The number of hydrogen-bond acceptors (Lipinski definition) is 8. The van der Waals surface area contributed by atoms with E-state index in [1.165, 1.54) is 24.0 Å². The number of imide groups is 1. The van der Waals surface area contributed by atoms with Gasteiger partial charge in [0.2, 0.25) is 11.8 Å². The third kappa shape index (κ3) is 2.81. The normalized spacial score (nSPS) is 30.6. The van der Waals surface area contributed by atoms with Crippen LogP contribution in [0, 0.1) is 39.7 Å². The van der Waals surface area contributed by atoms with Gasteiger partial charge in [0.15, 0.2) is 0 Å². The van der Waals surface area contributed by atoms with Gasteiger partial charge in [-0.3, -0.25) is 29.4 Å². The number of ether oxygens (including phenoxy) is 1. The molecule has 172 valence electrons. The van der Waals surface area contributed by atoms with Crippen molar-refractivity contribution in [3.63, 3.8) is 0 Å². The Morgan fingerprint density at radius 2 is 1.79 bits per heavy atom. The molecule has 2 aliphatic heterocycles. The highest BCUT2D eigenvalue weighted by molar-refractivity contribution is 6.23. The number of nitrogens with zero attached hydrogens (tertiary/aromatic N) is 3. The molecule has 4 aliphatic rings. The number of carbonyl (C=O) groups excluding carboxylic acids is 3. The molecule has 0 radical (unpaired) electrons. The summed E-state index contributed by atoms with van der Waals surface area (Å²) in [4.78, 5) is 55.7. The molecule has 2 aliphatic carbocycles. The molecular formula is C24H19N3O7. The number of amides is 2. The smallest absolute Gasteiger partial charge is 0.308 e. The van der Waals surface area contributed by atoms with Gasteiger partial charge in [0.25, 0.3) is 5.69 Å². The van der Waals surface area contributed by atoms with E-state index in [0.29, 0.717) is 29.1 Å². The maximum atomic E-state index is 13.5. The van der Waals surface area contributed by atoms with Crippen LogP contribution in [0.25, 0.3) is 0 Å². The van der Waals surface area contributed by atoms with Gasteiger partial charge in [-0.2, -0.15) is 0 Å². The summed E-state index contributed by atoms with van der Waals surface area (Å²) < 4.78 is 5.03. The Kier molecular flexibility index (Phi) is 4.35. The van der Waals surface area contributed by atoms with Gasteiger partial charge in [0.05, 0.1) is 28.2 Å². The lowest BCUT2D eigenvalue weighted by Gasteiger charge is -2.29. The summed E-state index contributed by atoms with van der Waals surface area (Å²) in [6.45, 7) is 1.29. The number of nitro groups is 1. The quantitative estimate of drug-likeness (QED) is 0.225. The Morgan fingerprint density at radius 3 is 2.47 bits per heavy atom. The molecule has 10 nitrogen and oxygen atoms in total. The van der Waals surface area contributed by atoms with Crippen LogP contribution in [0.3, 0.4) is 0 Å². The second-order valence-electron chi connectivity index (χ2n) is 9.09. The van der Waals surface area contributed by atoms with E-state index in [2.05, 4.69) is 5.16 Å². The predicted molar refractivity (Wildman–Crippen MR) is 117 cm³/mol. The molecule has 2 saturated carbocycles. The Bertz CT molecular complexity index is 1290. The predicted octanol–water partition coefficient (Wildman–Crippen LogP) is 2.69. The fourth-order valence-corrected chi connectivity index (χ4v) is 6.23. The maximum absolute atomic E-state index is 13.5. The fourth-order valence-electron chi connectivity index (χ4n) is 6.23. The van der Waals surface area contributed by atoms with Crippen molar-refractivity contribution in [2.45, 2.75) is 19.4 Å². The van der Waals surface area contributed by atoms with E-state index in [4.69, 9.17) is 9.57 Å². The van der Waals surface area contributed by atoms with Crippen LogP contribution >= 0.6 is 0 Å². The zero-order chi connectivity index (χ0) is 23.7. The van der Waals surface area contributed by atoms with Crippen molar-refractivity contribution in [1.29, 1.82) is 0 Å². The van der Waals surface area contributed by atoms with Crippen molar-refractivity contribution in [2.24, 2.45) is 34.7 Å². The lowest BCUT2D eigenvalue weighted by Crippen LogP contribution is -2.41. The molecule has 2 aromatic carbocycles. The highest BCUT2D eigenvalue weighted by Crippen LogP contribution is 2.62. The monoisotopic (exact) mass is 461 g/mol. The standard InChI is InChI=1S/C24H19N3O7/c1-11(28)33-15-7-5-13(6-8-15)26-23(29)18-16-10-17(19(18)24(26)30)22-20(16)21(25-34-22)12-3-2-4-14(9-12)27(31)32/h2-9,16-20,22H,10H2,1H3/t16-,17-,18-,19-,20-,22+/m1/s1. The second-order valence-corrected chi connectivity index (χ2v) is 9.09. The number of anilines is 1. The van der Waals surface area contributed by atoms with E-state index in [0.717, 1.165) is 0 Å². The molecule has 6 rings (SSSR count). The van der Waals surface area contributed by atoms with Gasteiger partial charge in [-0.25, -0.2) is 0 Å². The van der Waals surface area contributed by atoms with Gasteiger partial charge in [0, 0.05) is 36.5 Å². The van der Waals surface area contributed by atoms with E-state index in [9.17, 15) is 24.5 Å². The Morgan fingerprint density at radius 1 is 1.09 bits per heavy atom. The number of non-ortho nitro benzene ring substituents is 1. The fraction of sp³-hybridized carbons (Fsp3) is 0.333. The van der Waals surface area contributed by atoms with Crippen LogP contribution in [0.2, 0.25) is 0 Å². The zero-order valence-electron chi connectivity index (χ0n) is 18.0. The molecular weight excluding hydrogens is 442 g/mol. The second kappa shape index (κ2) is 7.21. The minimum atomic E-state index is -0.488. The molecule has 2 bridgehead atoms. The molecule has 6 atom stereocenters. The number of nitro benzene ring substituents is 1. The highest BCUT2D eigenvalue weighted by atomic mass is 16.6. The molecule has 3 fully saturated rings. The van der Waals surface area contributed by atoms with Crippen LogP contribution in [0.5, 0.6) is 5.75 Å². The summed E-state index contributed by atoms with van der Waals surface area (Å²) >= 11 is 0. The van der Waals surface area contributed by atoms with E-state index in [1.807, 2.05) is 0 Å². The first-order valence-electron chi connectivity index (χ1n) is 11.0. The summed E-state index contributed by atoms with van der Waals surface area (Å²) in [5.74, 6) is -2.10. The molecule has 34 heavy (non-hydrogen) atoms. The Hall–Kier alpha value is -4.08. The summed E-state index contributed by atoms with van der Waals surface area (Å²) in [7, 11) is 0. The number of hydrogen-bond donors (Lipinski definition) is 0. The largest absolute Gasteiger partial charge is 0.427 e. The Balaban J connectivity index is 1.29. The average Bonchev–Trinajstić information content (AvgIpc) is 3.54. The molecule has 2 aromatic rings. The topological polar surface area (TPSA) is 128 Å². The van der Waals surface area contributed by atoms with Crippen molar-refractivity contribution >= 4 is 34.9 Å². The minimum absolute atomic E-state index is 0.0415. The SMILES string of the molecule is CC(=O)Oc1ccc(N2C(=O)[C@@H]3[C@H]4C[C@@H]([C@@H]5ON=C(c6cccc([N+](=O)[O-])c6)[C@@H]45)[C@H]3C2=O)cc1. The van der Waals surface area contributed by atoms with Gasteiger partial charge in [0.1, 0.15) is 11.9 Å². The average molecular weight is 461 g/mol. The summed E-state index contributed by atoms with van der Waals surface area (Å²) in [5.41, 5.74) is 1.59. The summed E-state index contributed by atoms with van der Waals surface area (Å²) in [5, 5.41) is 15.5. The first-order valence-corrected chi connectivity index (χ1v) is 11.0. The van der Waals surface area contributed by atoms with Crippen LogP contribution < -0.4 is 9.64 Å². The van der Waals surface area contributed by atoms with Crippen molar-refractivity contribution in [3.8, 4) is 5.75 Å². The lowest BCUT2D eigenvalue weighted by molar-refractivity contribution is -0.384. The third-order valence-electron chi connectivity index (χ3n) is 7.40. The molecule has 0 N–H and O–H groups in total. The minimum Gasteiger partial charge on any atom is -0.427 e. The first-order chi connectivity index (χ1) is 16.3. The molecule has 2 heterocycles. The van der Waals surface area contributed by atoms with E-state index >= 15 is 0 Å². The lowest BCUT2D eigenvalue weighted by atomic mass is 9.71. The van der Waals surface area contributed by atoms with Crippen LogP contribution in [0.15, 0.2) is 53.7 Å². The van der Waals surface area contributed by atoms with Gasteiger partial charge in [-0.15, -0.1) is 0 Å². The van der Waals surface area contributed by atoms with Gasteiger partial charge in [-0.1, -0.05) is 17.3 Å². The van der Waals surface area contributed by atoms with E-state index < -0.39 is 22.7 Å². The van der Waals surface area contributed by atoms with Gasteiger partial charge >= 0.3 is 5.97 Å². The number of rotatable bonds is 4. The molecule has 0 spiro atoms. The van der Waals surface area contributed by atoms with Gasteiger partial charge < -0.3 is 9.57 Å². The summed E-state index contributed by atoms with van der Waals surface area (Å²) in [6, 6.07) is 12.5. The van der Waals surface area contributed by atoms with E-state index in [1.54, 1.807) is 36.4 Å². The molecule has 1 saturated heterocycles. The van der Waals surface area contributed by atoms with Crippen LogP contribution in [-0.2, 0) is 19.2 Å². The van der Waals surface area contributed by atoms with E-state index in [-0.39, 0.29) is 41.4 Å². The third-order valence-corrected chi connectivity index (χ3v) is 7.40. The number of fused-ring (bicyclic) bond motifs is 8. The van der Waals surface area contributed by atoms with Crippen molar-refractivity contribution in [3.05, 3.63) is 64.2 Å².